The molecule has 0 unspecified atom stereocenters. The number of ketones is 1. The molecular weight excluding hydrogens is 717 g/mol. The number of carbonyl (C=O) groups excluding carboxylic acids is 3. The molecule has 3 rings (SSSR count). The summed E-state index contributed by atoms with van der Waals surface area (Å²) in [5, 5.41) is 2.96. The van der Waals surface area contributed by atoms with Gasteiger partial charge in [0.15, 0.2) is 0 Å². The van der Waals surface area contributed by atoms with Crippen LogP contribution in [0.3, 0.4) is 0 Å². The van der Waals surface area contributed by atoms with Gasteiger partial charge in [-0.2, -0.15) is 39.5 Å². The quantitative estimate of drug-likeness (QED) is 0.177. The summed E-state index contributed by atoms with van der Waals surface area (Å²) in [6, 6.07) is 9.52. The first kappa shape index (κ1) is 44.3. The number of hydrogen-bond donors (Lipinski definition) is 1. The average Bonchev–Trinajstić information content (AvgIpc) is 2.97. The predicted molar refractivity (Wildman–Crippen MR) is 169 cm³/mol. The number of benzene rings is 2. The van der Waals surface area contributed by atoms with E-state index in [9.17, 15) is 53.9 Å². The molecule has 1 N–H and O–H groups in total. The Kier molecular flexibility index (Phi) is 13.7. The number of halogens is 9. The second kappa shape index (κ2) is 16.0. The van der Waals surface area contributed by atoms with Crippen LogP contribution in [-0.2, 0) is 41.6 Å². The fourth-order valence-electron chi connectivity index (χ4n) is 4.96. The summed E-state index contributed by atoms with van der Waals surface area (Å²) >= 11 is 0. The Labute approximate surface area is 295 Å². The molecule has 2 aromatic rings. The van der Waals surface area contributed by atoms with Crippen LogP contribution in [0.5, 0.6) is 0 Å². The second-order valence-corrected chi connectivity index (χ2v) is 14.5. The van der Waals surface area contributed by atoms with Crippen LogP contribution in [0.25, 0.3) is 0 Å². The molecule has 1 fully saturated rings. The van der Waals surface area contributed by atoms with Crippen LogP contribution < -0.4 is 5.32 Å². The number of piperidine rings is 1. The van der Waals surface area contributed by atoms with Crippen molar-refractivity contribution in [1.82, 2.24) is 5.32 Å². The van der Waals surface area contributed by atoms with Crippen LogP contribution in [0, 0.1) is 5.41 Å². The van der Waals surface area contributed by atoms with Crippen molar-refractivity contribution in [3.63, 3.8) is 0 Å². The maximum Gasteiger partial charge on any atom is 0.519 e. The van der Waals surface area contributed by atoms with Gasteiger partial charge in [-0.25, -0.2) is 9.59 Å². The van der Waals surface area contributed by atoms with Gasteiger partial charge < -0.3 is 24.3 Å². The lowest BCUT2D eigenvalue weighted by atomic mass is 9.71. The standard InChI is InChI=1S/C25H24F9NO2.C10H18O5/c1-15(16-10-18(23(26,27)28)12-19(11-16)24(29,30)31)37-14-22(17-6-4-3-5-7-17)9-8-21(2,13-35-22)20(36)25(32,33)34;1-9(2,3)14-7(11)13-8(12)15-10(4,5)6/h3-7,10-12,15,35H,8-9,13-14H2,1-2H3;1-6H3/t15-,21-,22-;/m1./s1. The topological polar surface area (TPSA) is 100 Å². The molecule has 17 heteroatoms. The van der Waals surface area contributed by atoms with E-state index in [0.29, 0.717) is 17.7 Å². The van der Waals surface area contributed by atoms with Crippen molar-refractivity contribution < 1.29 is 72.8 Å². The molecular formula is C35H42F9NO7. The Hall–Kier alpha value is -3.86. The lowest BCUT2D eigenvalue weighted by Gasteiger charge is -2.46. The zero-order valence-electron chi connectivity index (χ0n) is 29.8. The molecule has 2 aromatic carbocycles. The third-order valence-corrected chi connectivity index (χ3v) is 7.66. The van der Waals surface area contributed by atoms with Gasteiger partial charge in [-0.1, -0.05) is 37.3 Å². The molecule has 52 heavy (non-hydrogen) atoms. The van der Waals surface area contributed by atoms with E-state index in [1.807, 2.05) is 0 Å². The summed E-state index contributed by atoms with van der Waals surface area (Å²) in [4.78, 5) is 34.0. The summed E-state index contributed by atoms with van der Waals surface area (Å²) in [7, 11) is 0. The third kappa shape index (κ3) is 13.3. The van der Waals surface area contributed by atoms with Gasteiger partial charge in [0, 0.05) is 12.0 Å². The molecule has 0 saturated carbocycles. The largest absolute Gasteiger partial charge is 0.519 e. The van der Waals surface area contributed by atoms with Crippen molar-refractivity contribution >= 4 is 18.1 Å². The Morgan fingerprint density at radius 2 is 1.21 bits per heavy atom. The van der Waals surface area contributed by atoms with Crippen LogP contribution >= 0.6 is 0 Å². The maximum atomic E-state index is 13.3. The smallest absolute Gasteiger partial charge is 0.428 e. The molecule has 1 heterocycles. The minimum atomic E-state index is -5.03. The number of hydrogen-bond acceptors (Lipinski definition) is 8. The van der Waals surface area contributed by atoms with Gasteiger partial charge in [-0.3, -0.25) is 4.79 Å². The molecule has 292 valence electrons. The van der Waals surface area contributed by atoms with Crippen LogP contribution in [0.1, 0.15) is 96.6 Å². The third-order valence-electron chi connectivity index (χ3n) is 7.66. The molecule has 0 amide bonds. The fourth-order valence-corrected chi connectivity index (χ4v) is 4.96. The normalized spacial score (nSPS) is 20.6. The summed E-state index contributed by atoms with van der Waals surface area (Å²) in [5.74, 6) is -1.88. The van der Waals surface area contributed by atoms with Gasteiger partial charge in [0.1, 0.15) is 11.2 Å². The van der Waals surface area contributed by atoms with Crippen LogP contribution in [-0.4, -0.2) is 48.6 Å². The summed E-state index contributed by atoms with van der Waals surface area (Å²) in [6.45, 7) is 11.8. The van der Waals surface area contributed by atoms with E-state index in [1.54, 1.807) is 71.9 Å². The number of nitrogens with one attached hydrogen (secondary N) is 1. The lowest BCUT2D eigenvalue weighted by Crippen LogP contribution is -2.58. The van der Waals surface area contributed by atoms with Crippen LogP contribution in [0.15, 0.2) is 48.5 Å². The number of Topliss-reactive ketones (excluding diaryl/α,β-unsaturated/α-hetero) is 1. The van der Waals surface area contributed by atoms with Gasteiger partial charge in [-0.15, -0.1) is 0 Å². The van der Waals surface area contributed by atoms with E-state index in [-0.39, 0.29) is 37.6 Å². The predicted octanol–water partition coefficient (Wildman–Crippen LogP) is 10.1. The minimum Gasteiger partial charge on any atom is -0.428 e. The molecule has 3 atom stereocenters. The highest BCUT2D eigenvalue weighted by atomic mass is 19.4. The molecule has 8 nitrogen and oxygen atoms in total. The van der Waals surface area contributed by atoms with Crippen molar-refractivity contribution in [2.75, 3.05) is 13.2 Å². The first-order valence-corrected chi connectivity index (χ1v) is 15.8. The summed E-state index contributed by atoms with van der Waals surface area (Å²) < 4.78 is 138. The highest BCUT2D eigenvalue weighted by Gasteiger charge is 2.53. The number of ether oxygens (including phenoxy) is 4. The number of carbonyl (C=O) groups is 3. The summed E-state index contributed by atoms with van der Waals surface area (Å²) in [5.41, 5.74) is -7.01. The SMILES string of the molecule is CC(C)(C)OC(=O)OC(=O)OC(C)(C)C.C[C@@H](OC[C@@]1(c2ccccc2)CC[C@@](C)(C(=O)C(F)(F)F)CN1)c1cc(C(F)(F)F)cc(C(F)(F)F)c1. The number of alkyl halides is 9. The molecule has 1 aliphatic heterocycles. The first-order valence-electron chi connectivity index (χ1n) is 15.8. The highest BCUT2D eigenvalue weighted by Crippen LogP contribution is 2.43. The van der Waals surface area contributed by atoms with Crippen LogP contribution in [0.2, 0.25) is 0 Å². The first-order chi connectivity index (χ1) is 23.4. The van der Waals surface area contributed by atoms with Gasteiger partial charge in [0.05, 0.1) is 29.4 Å². The Morgan fingerprint density at radius 1 is 0.750 bits per heavy atom. The molecule has 0 spiro atoms. The molecule has 1 aliphatic rings. The Bertz CT molecular complexity index is 1480. The zero-order valence-corrected chi connectivity index (χ0v) is 29.8. The average molecular weight is 760 g/mol. The molecule has 0 radical (unpaired) electrons. The zero-order chi connectivity index (χ0) is 40.1. The van der Waals surface area contributed by atoms with E-state index < -0.39 is 76.0 Å². The van der Waals surface area contributed by atoms with Gasteiger partial charge in [0.25, 0.3) is 0 Å². The second-order valence-electron chi connectivity index (χ2n) is 14.5. The van der Waals surface area contributed by atoms with Crippen LogP contribution in [0.4, 0.5) is 49.1 Å². The van der Waals surface area contributed by atoms with Crippen molar-refractivity contribution in [2.24, 2.45) is 5.41 Å². The van der Waals surface area contributed by atoms with E-state index in [1.165, 1.54) is 13.8 Å². The van der Waals surface area contributed by atoms with Crippen molar-refractivity contribution in [3.05, 3.63) is 70.8 Å². The van der Waals surface area contributed by atoms with E-state index in [4.69, 9.17) is 14.2 Å². The van der Waals surface area contributed by atoms with Gasteiger partial charge >= 0.3 is 30.8 Å². The van der Waals surface area contributed by atoms with Gasteiger partial charge in [0.2, 0.25) is 5.78 Å². The number of rotatable bonds is 6. The monoisotopic (exact) mass is 759 g/mol. The van der Waals surface area contributed by atoms with E-state index >= 15 is 0 Å². The molecule has 0 aliphatic carbocycles. The molecule has 0 bridgehead atoms. The lowest BCUT2D eigenvalue weighted by molar-refractivity contribution is -0.183. The van der Waals surface area contributed by atoms with E-state index in [0.717, 1.165) is 0 Å². The summed E-state index contributed by atoms with van der Waals surface area (Å²) in [6.07, 6.45) is -18.6. The van der Waals surface area contributed by atoms with E-state index in [2.05, 4.69) is 10.1 Å². The Balaban J connectivity index is 0.000000526. The Morgan fingerprint density at radius 3 is 1.58 bits per heavy atom. The highest BCUT2D eigenvalue weighted by molar-refractivity contribution is 5.89. The van der Waals surface area contributed by atoms with Crippen molar-refractivity contribution in [2.45, 2.75) is 110 Å². The van der Waals surface area contributed by atoms with Crippen molar-refractivity contribution in [1.29, 1.82) is 0 Å². The minimum absolute atomic E-state index is 0.00154. The van der Waals surface area contributed by atoms with Gasteiger partial charge in [-0.05, 0) is 90.6 Å². The molecule has 1 saturated heterocycles. The maximum absolute atomic E-state index is 13.3. The van der Waals surface area contributed by atoms with Crippen molar-refractivity contribution in [3.8, 4) is 0 Å². The fraction of sp³-hybridized carbons (Fsp3) is 0.571. The molecule has 0 aromatic heterocycles.